The highest BCUT2D eigenvalue weighted by molar-refractivity contribution is 6.30. The Bertz CT molecular complexity index is 521. The molecule has 7 heteroatoms. The number of anilines is 1. The normalized spacial score (nSPS) is 18.6. The van der Waals surface area contributed by atoms with Gasteiger partial charge in [0.15, 0.2) is 0 Å². The highest BCUT2D eigenvalue weighted by Gasteiger charge is 2.42. The summed E-state index contributed by atoms with van der Waals surface area (Å²) in [6.45, 7) is 1.55. The smallest absolute Gasteiger partial charge is 0.323 e. The van der Waals surface area contributed by atoms with E-state index in [2.05, 4.69) is 17.7 Å². The lowest BCUT2D eigenvalue weighted by atomic mass is 9.75. The number of carboxylic acids is 1. The first-order chi connectivity index (χ1) is 11.0. The summed E-state index contributed by atoms with van der Waals surface area (Å²) in [5, 5.41) is 10.2. The molecule has 3 N–H and O–H groups in total. The Morgan fingerprint density at radius 3 is 2.65 bits per heavy atom. The molecule has 126 valence electrons. The van der Waals surface area contributed by atoms with Gasteiger partial charge in [-0.15, -0.1) is 0 Å². The van der Waals surface area contributed by atoms with Crippen LogP contribution in [0.2, 0.25) is 11.3 Å². The van der Waals surface area contributed by atoms with Gasteiger partial charge in [-0.1, -0.05) is 30.8 Å². The molecule has 2 heterocycles. The number of piperidine rings is 1. The Kier molecular flexibility index (Phi) is 6.30. The molecule has 1 aromatic rings. The number of pyridine rings is 1. The highest BCUT2D eigenvalue weighted by Crippen LogP contribution is 2.32. The van der Waals surface area contributed by atoms with Crippen molar-refractivity contribution in [2.24, 2.45) is 11.7 Å². The molecule has 1 atom stereocenters. The van der Waals surface area contributed by atoms with Crippen LogP contribution in [0.3, 0.4) is 0 Å². The number of unbranched alkanes of at least 4 members (excludes halogenated alkanes) is 1. The standard InChI is InChI=1S/C16H25BClN3O2/c17-8-2-1-7-16(19,15(22)23)12-5-9-21(10-6-12)14-4-3-13(18)11-20-14/h3-4,11-12H,1-2,5-10,17,19H2,(H,22,23). The zero-order chi connectivity index (χ0) is 16.9. The molecule has 1 aliphatic heterocycles. The number of halogens is 1. The molecule has 0 saturated carbocycles. The third kappa shape index (κ3) is 4.39. The number of aromatic nitrogens is 1. The first kappa shape index (κ1) is 18.1. The van der Waals surface area contributed by atoms with Crippen molar-refractivity contribution >= 4 is 31.2 Å². The fraction of sp³-hybridized carbons (Fsp3) is 0.625. The minimum atomic E-state index is -1.10. The lowest BCUT2D eigenvalue weighted by Crippen LogP contribution is -2.57. The van der Waals surface area contributed by atoms with Crippen molar-refractivity contribution in [3.8, 4) is 0 Å². The van der Waals surface area contributed by atoms with Crippen molar-refractivity contribution in [2.45, 2.75) is 44.0 Å². The Morgan fingerprint density at radius 2 is 2.13 bits per heavy atom. The number of carboxylic acid groups (broad SMARTS) is 1. The largest absolute Gasteiger partial charge is 0.480 e. The predicted molar refractivity (Wildman–Crippen MR) is 95.9 cm³/mol. The van der Waals surface area contributed by atoms with Gasteiger partial charge in [0, 0.05) is 19.3 Å². The molecule has 23 heavy (non-hydrogen) atoms. The first-order valence-electron chi connectivity index (χ1n) is 8.36. The molecule has 0 radical (unpaired) electrons. The molecule has 1 aliphatic rings. The molecule has 5 nitrogen and oxygen atoms in total. The predicted octanol–water partition coefficient (Wildman–Crippen LogP) is 1.96. The van der Waals surface area contributed by atoms with Gasteiger partial charge in [0.05, 0.1) is 5.02 Å². The molecule has 0 aliphatic carbocycles. The molecule has 0 amide bonds. The maximum absolute atomic E-state index is 11.7. The van der Waals surface area contributed by atoms with Gasteiger partial charge < -0.3 is 15.7 Å². The van der Waals surface area contributed by atoms with Crippen LogP contribution in [0.15, 0.2) is 18.3 Å². The Balaban J connectivity index is 1.97. The SMILES string of the molecule is BCCCCC(N)(C(=O)O)C1CCN(c2ccc(Cl)cn2)CC1. The quantitative estimate of drug-likeness (QED) is 0.587. The Labute approximate surface area is 143 Å². The summed E-state index contributed by atoms with van der Waals surface area (Å²) < 4.78 is 0. The molecule has 0 aromatic carbocycles. The maximum atomic E-state index is 11.7. The number of nitrogens with two attached hydrogens (primary N) is 1. The van der Waals surface area contributed by atoms with E-state index in [9.17, 15) is 9.90 Å². The molecule has 2 rings (SSSR count). The monoisotopic (exact) mass is 337 g/mol. The summed E-state index contributed by atoms with van der Waals surface area (Å²) in [5.74, 6) is 0.0360. The Hall–Kier alpha value is -1.27. The molecule has 1 aromatic heterocycles. The number of rotatable bonds is 7. The zero-order valence-corrected chi connectivity index (χ0v) is 14.4. The van der Waals surface area contributed by atoms with Crippen LogP contribution >= 0.6 is 11.6 Å². The second kappa shape index (κ2) is 8.02. The maximum Gasteiger partial charge on any atom is 0.323 e. The van der Waals surface area contributed by atoms with Crippen molar-refractivity contribution in [3.63, 3.8) is 0 Å². The third-order valence-corrected chi connectivity index (χ3v) is 5.07. The van der Waals surface area contributed by atoms with Crippen molar-refractivity contribution in [1.29, 1.82) is 0 Å². The van der Waals surface area contributed by atoms with E-state index in [1.165, 1.54) is 0 Å². The number of hydrogen-bond acceptors (Lipinski definition) is 4. The van der Waals surface area contributed by atoms with Crippen LogP contribution in [0.4, 0.5) is 5.82 Å². The average molecular weight is 338 g/mol. The molecule has 0 bridgehead atoms. The third-order valence-electron chi connectivity index (χ3n) is 4.85. The summed E-state index contributed by atoms with van der Waals surface area (Å²) >= 11 is 5.87. The second-order valence-corrected chi connectivity index (χ2v) is 6.83. The van der Waals surface area contributed by atoms with Crippen LogP contribution in [0, 0.1) is 5.92 Å². The summed E-state index contributed by atoms with van der Waals surface area (Å²) in [5.41, 5.74) is 5.21. The molecular weight excluding hydrogens is 312 g/mol. The lowest BCUT2D eigenvalue weighted by Gasteiger charge is -2.40. The molecule has 1 saturated heterocycles. The fourth-order valence-electron chi connectivity index (χ4n) is 3.33. The Morgan fingerprint density at radius 1 is 1.43 bits per heavy atom. The van der Waals surface area contributed by atoms with E-state index in [0.717, 1.165) is 50.9 Å². The summed E-state index contributed by atoms with van der Waals surface area (Å²) in [4.78, 5) is 18.2. The van der Waals surface area contributed by atoms with Crippen molar-refractivity contribution in [3.05, 3.63) is 23.4 Å². The van der Waals surface area contributed by atoms with Crippen molar-refractivity contribution in [1.82, 2.24) is 4.98 Å². The first-order valence-corrected chi connectivity index (χ1v) is 8.74. The van der Waals surface area contributed by atoms with Crippen LogP contribution in [0.5, 0.6) is 0 Å². The van der Waals surface area contributed by atoms with Gasteiger partial charge in [-0.3, -0.25) is 4.79 Å². The number of hydrogen-bond donors (Lipinski definition) is 2. The lowest BCUT2D eigenvalue weighted by molar-refractivity contribution is -0.146. The van der Waals surface area contributed by atoms with Crippen molar-refractivity contribution < 1.29 is 9.90 Å². The van der Waals surface area contributed by atoms with Crippen LogP contribution < -0.4 is 10.6 Å². The van der Waals surface area contributed by atoms with Gasteiger partial charge in [-0.05, 0) is 37.3 Å². The van der Waals surface area contributed by atoms with E-state index in [1.807, 2.05) is 12.1 Å². The summed E-state index contributed by atoms with van der Waals surface area (Å²) in [6, 6.07) is 3.72. The van der Waals surface area contributed by atoms with E-state index < -0.39 is 11.5 Å². The van der Waals surface area contributed by atoms with Gasteiger partial charge in [0.25, 0.3) is 0 Å². The van der Waals surface area contributed by atoms with Crippen LogP contribution in [-0.4, -0.2) is 42.5 Å². The second-order valence-electron chi connectivity index (χ2n) is 6.40. The van der Waals surface area contributed by atoms with Gasteiger partial charge in [0.2, 0.25) is 0 Å². The van der Waals surface area contributed by atoms with Gasteiger partial charge in [-0.2, -0.15) is 0 Å². The van der Waals surface area contributed by atoms with Crippen molar-refractivity contribution in [2.75, 3.05) is 18.0 Å². The highest BCUT2D eigenvalue weighted by atomic mass is 35.5. The van der Waals surface area contributed by atoms with E-state index in [-0.39, 0.29) is 5.92 Å². The van der Waals surface area contributed by atoms with Crippen LogP contribution in [0.25, 0.3) is 0 Å². The minimum Gasteiger partial charge on any atom is -0.480 e. The van der Waals surface area contributed by atoms with E-state index in [4.69, 9.17) is 17.3 Å². The fourth-order valence-corrected chi connectivity index (χ4v) is 3.44. The topological polar surface area (TPSA) is 79.5 Å². The van der Waals surface area contributed by atoms with Crippen LogP contribution in [-0.2, 0) is 4.79 Å². The molecule has 0 spiro atoms. The zero-order valence-electron chi connectivity index (χ0n) is 13.7. The van der Waals surface area contributed by atoms with Gasteiger partial charge >= 0.3 is 5.97 Å². The average Bonchev–Trinajstić information content (AvgIpc) is 2.55. The number of nitrogens with zero attached hydrogens (tertiary/aromatic N) is 2. The van der Waals surface area contributed by atoms with E-state index in [0.29, 0.717) is 11.4 Å². The van der Waals surface area contributed by atoms with Crippen LogP contribution in [0.1, 0.15) is 32.1 Å². The minimum absolute atomic E-state index is 0.0143. The summed E-state index contributed by atoms with van der Waals surface area (Å²) in [7, 11) is 2.11. The van der Waals surface area contributed by atoms with Gasteiger partial charge in [0.1, 0.15) is 19.2 Å². The molecule has 1 unspecified atom stereocenters. The number of carbonyl (C=O) groups is 1. The van der Waals surface area contributed by atoms with Gasteiger partial charge in [-0.25, -0.2) is 4.98 Å². The number of aliphatic carboxylic acids is 1. The van der Waals surface area contributed by atoms with E-state index >= 15 is 0 Å². The van der Waals surface area contributed by atoms with E-state index in [1.54, 1.807) is 6.20 Å². The molecule has 1 fully saturated rings. The molecular formula is C16H25BClN3O2. The summed E-state index contributed by atoms with van der Waals surface area (Å²) in [6.07, 6.45) is 6.71.